The van der Waals surface area contributed by atoms with E-state index >= 15 is 0 Å². The van der Waals surface area contributed by atoms with Crippen LogP contribution in [0.3, 0.4) is 0 Å². The quantitative estimate of drug-likeness (QED) is 0.0227. The van der Waals surface area contributed by atoms with E-state index in [0.717, 1.165) is 72.1 Å². The highest BCUT2D eigenvalue weighted by molar-refractivity contribution is 6.00. The van der Waals surface area contributed by atoms with E-state index in [2.05, 4.69) is 57.0 Å². The minimum absolute atomic E-state index is 0.00296. The van der Waals surface area contributed by atoms with E-state index in [0.29, 0.717) is 175 Å². The van der Waals surface area contributed by atoms with Crippen molar-refractivity contribution in [1.29, 1.82) is 0 Å². The number of carbonyl (C=O) groups is 5. The number of halogens is 1. The summed E-state index contributed by atoms with van der Waals surface area (Å²) in [4.78, 5) is 101. The number of nitrogens with zero attached hydrogens (tertiary/aromatic N) is 8. The van der Waals surface area contributed by atoms with E-state index in [9.17, 15) is 69.2 Å². The Bertz CT molecular complexity index is 6840. The first-order valence-corrected chi connectivity index (χ1v) is 43.9. The second-order valence-corrected chi connectivity index (χ2v) is 33.2. The first-order chi connectivity index (χ1) is 67.9. The summed E-state index contributed by atoms with van der Waals surface area (Å²) in [5.41, 5.74) is 20.2. The molecule has 39 heteroatoms. The van der Waals surface area contributed by atoms with Crippen LogP contribution in [-0.4, -0.2) is 227 Å². The van der Waals surface area contributed by atoms with E-state index in [4.69, 9.17) is 75.8 Å². The van der Waals surface area contributed by atoms with Crippen LogP contribution in [-0.2, 0) is 119 Å². The maximum Gasteiger partial charge on any atom is 0.335 e. The van der Waals surface area contributed by atoms with Gasteiger partial charge in [0, 0.05) is 76.7 Å². The fourth-order valence-electron chi connectivity index (χ4n) is 19.7. The summed E-state index contributed by atoms with van der Waals surface area (Å²) >= 11 is 0. The number of hydrogen-bond donors (Lipinski definition) is 9. The second-order valence-electron chi connectivity index (χ2n) is 33.2. The van der Waals surface area contributed by atoms with E-state index in [1.165, 1.54) is 81.7 Å². The molecule has 11 aromatic rings. The van der Waals surface area contributed by atoms with Gasteiger partial charge in [-0.1, -0.05) is 30.3 Å². The molecular weight excluding hydrogens is 1820 g/mol. The van der Waals surface area contributed by atoms with Gasteiger partial charge in [0.25, 0.3) is 0 Å². The number of fused-ring (bicyclic) bond motifs is 7. The van der Waals surface area contributed by atoms with Crippen molar-refractivity contribution in [3.05, 3.63) is 283 Å². The Morgan fingerprint density at radius 3 is 1.02 bits per heavy atom. The highest BCUT2D eigenvalue weighted by Gasteiger charge is 2.48. The van der Waals surface area contributed by atoms with Gasteiger partial charge in [-0.3, -0.25) is 0 Å². The van der Waals surface area contributed by atoms with Crippen LogP contribution in [0.1, 0.15) is 148 Å². The molecule has 0 bridgehead atoms. The predicted octanol–water partition coefficient (Wildman–Crippen LogP) is 8.38. The number of aromatic nitrogens is 9. The van der Waals surface area contributed by atoms with Crippen molar-refractivity contribution >= 4 is 40.7 Å². The number of nitrogens with one attached hydrogen (secondary N) is 1. The summed E-state index contributed by atoms with van der Waals surface area (Å²) in [6.45, 7) is -0.822. The summed E-state index contributed by atoms with van der Waals surface area (Å²) in [7, 11) is 16.4. The third-order valence-electron chi connectivity index (χ3n) is 25.8. The van der Waals surface area contributed by atoms with Crippen molar-refractivity contribution in [2.45, 2.75) is 101 Å². The lowest BCUT2D eigenvalue weighted by atomic mass is 9.74. The lowest BCUT2D eigenvalue weighted by Crippen LogP contribution is -2.22. The minimum atomic E-state index is -0.592. The number of phenols is 2. The molecule has 5 unspecified atom stereocenters. The van der Waals surface area contributed by atoms with Crippen molar-refractivity contribution in [2.75, 3.05) is 111 Å². The van der Waals surface area contributed by atoms with Gasteiger partial charge in [-0.2, -0.15) is 19.9 Å². The van der Waals surface area contributed by atoms with Gasteiger partial charge in [0.1, 0.15) is 59.5 Å². The molecule has 10 aliphatic rings. The van der Waals surface area contributed by atoms with Crippen LogP contribution in [0.25, 0.3) is 10.9 Å². The Hall–Kier alpha value is -15.7. The number of aliphatic hydroxyl groups is 6. The van der Waals surface area contributed by atoms with E-state index in [1.807, 2.05) is 24.4 Å². The summed E-state index contributed by atoms with van der Waals surface area (Å²) in [6.07, 6.45) is 4.32. The second kappa shape index (κ2) is 40.5. The largest absolute Gasteiger partial charge is 0.504 e. The Labute approximate surface area is 797 Å². The Morgan fingerprint density at radius 1 is 0.329 bits per heavy atom. The molecule has 21 rings (SSSR count). The summed E-state index contributed by atoms with van der Waals surface area (Å²) in [6, 6.07) is 27.8. The molecule has 140 heavy (non-hydrogen) atoms. The molecule has 5 aromatic heterocycles. The topological polar surface area (TPSA) is 514 Å². The number of aromatic hydroxyl groups is 2. The van der Waals surface area contributed by atoms with Crippen molar-refractivity contribution in [1.82, 2.24) is 44.9 Å². The van der Waals surface area contributed by atoms with Crippen LogP contribution < -0.4 is 52.1 Å². The third-order valence-corrected chi connectivity index (χ3v) is 25.8. The first-order valence-electron chi connectivity index (χ1n) is 43.9. The number of phenolic OH excluding ortho intramolecular Hbond substituents is 2. The lowest BCUT2D eigenvalue weighted by molar-refractivity contribution is -0.137. The van der Waals surface area contributed by atoms with Crippen molar-refractivity contribution in [3.8, 4) is 75.3 Å². The smallest absolute Gasteiger partial charge is 0.335 e. The molecule has 0 radical (unpaired) electrons. The average Bonchev–Trinajstić information content (AvgIpc) is 1.49. The molecule has 10 heterocycles. The third kappa shape index (κ3) is 17.4. The zero-order chi connectivity index (χ0) is 98.9. The van der Waals surface area contributed by atoms with Crippen LogP contribution >= 0.6 is 0 Å². The van der Waals surface area contributed by atoms with Crippen LogP contribution in [0.15, 0.2) is 159 Å². The Balaban J connectivity index is 0.000000121. The molecular formula is C101H96FN9O29. The number of cyclic esters (lactones) is 5. The number of ether oxygens (including phenoxy) is 16. The lowest BCUT2D eigenvalue weighted by Gasteiger charge is -2.28. The molecule has 6 aromatic carbocycles. The van der Waals surface area contributed by atoms with Gasteiger partial charge in [0.15, 0.2) is 80.9 Å². The monoisotopic (exact) mass is 1920 g/mol. The summed E-state index contributed by atoms with van der Waals surface area (Å²) in [5, 5.41) is 79.3. The number of methoxy groups -OCH3 is 11. The molecule has 38 nitrogen and oxygen atoms in total. The van der Waals surface area contributed by atoms with E-state index in [1.54, 1.807) is 68.8 Å². The van der Waals surface area contributed by atoms with Gasteiger partial charge >= 0.3 is 29.8 Å². The van der Waals surface area contributed by atoms with Gasteiger partial charge in [-0.25, -0.2) is 48.3 Å². The van der Waals surface area contributed by atoms with Gasteiger partial charge in [0.05, 0.1) is 166 Å². The van der Waals surface area contributed by atoms with Crippen molar-refractivity contribution < 1.29 is 145 Å². The number of H-pyrrole nitrogens is 1. The summed E-state index contributed by atoms with van der Waals surface area (Å²) in [5.74, 6) is -0.312. The van der Waals surface area contributed by atoms with Crippen LogP contribution in [0.4, 0.5) is 4.39 Å². The number of carbonyl (C=O) groups excluding carboxylic acids is 5. The SMILES string of the molecule is COc1cc(C2C3=C(COC3=O)Cc3c(OC)nc(CO)nc32)cc(CO)c1OC.COc1cc(C2C3=C(COC3=O)Cc3c(OC)nc(CO)nc32)ccc1F.COc1cc(C2C3=C(COC3=O)Cc3c(OC)nc(CO)nc32)ccc1O.COc1cc(C2C3=C(COC3=O)Cc3ccc4cc[nH]c4c32)cc(CO)c1OC.COc1ccc(C2C3=C(COC3=O)Cc3c(OC)nc(CO)nc32)cc1O. The molecule has 5 aliphatic carbocycles. The fourth-order valence-corrected chi connectivity index (χ4v) is 19.7. The average molecular weight is 1920 g/mol. The maximum atomic E-state index is 13.9. The molecule has 0 saturated heterocycles. The van der Waals surface area contributed by atoms with Gasteiger partial charge in [0.2, 0.25) is 23.5 Å². The number of hydrogen-bond acceptors (Lipinski definition) is 37. The molecule has 5 atom stereocenters. The predicted molar refractivity (Wildman–Crippen MR) is 487 cm³/mol. The standard InChI is InChI=1S/C23H21NO5.C21H22N2O7.C19H17FN2O5.2C19H18N2O6/c1-27-17-9-14(8-15(10-25)22(17)28-2)18-19-13(4-3-12-5-6-24-21(12)19)7-16-11-29-23(26)20(16)18;1-27-14-6-10(4-11(7-24)19(14)28-2)16-17-12(9-30-21(17)26)5-13-18(16)22-15(8-25)23-20(13)29-3;1-25-13-6-9(3-4-12(13)20)15-16-10(8-27-19(16)24)5-11-17(15)21-14(7-23)22-18(11)26-2;1-25-13-4-3-9(6-12(13)23)15-16-10(8-27-19(16)24)5-11-17(15)20-14(7-22)21-18(11)26-2;1-25-13-6-9(3-4-12(13)23)15-16-10(8-27-19(16)24)5-11-17(15)20-14(7-22)21-18(11)26-2/h3-6,8-9,18,24-25H,7,10-11H2,1-2H3;4,6,16,24-25H,5,7-9H2,1-3H3;3-4,6,15,23H,5,7-8H2,1-2H3;2*3-4,6,15,22-23H,5,7-8H2,1-2H3. The molecule has 0 fully saturated rings. The van der Waals surface area contributed by atoms with Crippen LogP contribution in [0.2, 0.25) is 0 Å². The number of benzene rings is 6. The van der Waals surface area contributed by atoms with Crippen molar-refractivity contribution in [2.24, 2.45) is 0 Å². The maximum absolute atomic E-state index is 13.9. The number of esters is 5. The highest BCUT2D eigenvalue weighted by Crippen LogP contribution is 2.54. The molecule has 726 valence electrons. The Kier molecular flexibility index (Phi) is 27.8. The molecule has 5 aliphatic heterocycles. The fraction of sp³-hybridized carbons (Fsp3) is 0.317. The minimum Gasteiger partial charge on any atom is -0.504 e. The van der Waals surface area contributed by atoms with E-state index < -0.39 is 53.4 Å². The van der Waals surface area contributed by atoms with Crippen molar-refractivity contribution in [3.63, 3.8) is 0 Å². The molecule has 0 spiro atoms. The summed E-state index contributed by atoms with van der Waals surface area (Å²) < 4.78 is 99.2. The number of rotatable bonds is 22. The number of aromatic amines is 1. The zero-order valence-electron chi connectivity index (χ0n) is 77.6. The number of aliphatic hydroxyl groups excluding tert-OH is 6. The van der Waals surface area contributed by atoms with Crippen LogP contribution in [0.5, 0.6) is 75.3 Å². The van der Waals surface area contributed by atoms with Gasteiger partial charge < -0.3 is 122 Å². The molecule has 0 saturated carbocycles. The normalized spacial score (nSPS) is 17.9. The highest BCUT2D eigenvalue weighted by atomic mass is 19.1. The molecule has 9 N–H and O–H groups in total. The van der Waals surface area contributed by atoms with Gasteiger partial charge in [-0.05, 0) is 145 Å². The van der Waals surface area contributed by atoms with E-state index in [-0.39, 0.29) is 124 Å². The van der Waals surface area contributed by atoms with Gasteiger partial charge in [-0.15, -0.1) is 0 Å². The molecule has 0 amide bonds. The Morgan fingerprint density at radius 2 is 0.664 bits per heavy atom. The van der Waals surface area contributed by atoms with Crippen LogP contribution in [0, 0.1) is 5.82 Å². The first kappa shape index (κ1) is 96.0. The zero-order valence-corrected chi connectivity index (χ0v) is 77.6.